The van der Waals surface area contributed by atoms with Crippen LogP contribution in [0.5, 0.6) is 0 Å². The molecular weight excluding hydrogens is 394 g/mol. The summed E-state index contributed by atoms with van der Waals surface area (Å²) in [6.45, 7) is 2.13. The Labute approximate surface area is 173 Å². The van der Waals surface area contributed by atoms with Crippen LogP contribution in [0.4, 0.5) is 0 Å². The van der Waals surface area contributed by atoms with Crippen molar-refractivity contribution in [3.63, 3.8) is 0 Å². The second-order valence-electron chi connectivity index (χ2n) is 6.95. The molecule has 1 atom stereocenters. The maximum Gasteiger partial charge on any atom is 0.200 e. The van der Waals surface area contributed by atoms with Crippen LogP contribution < -0.4 is 0 Å². The lowest BCUT2D eigenvalue weighted by Gasteiger charge is -2.00. The summed E-state index contributed by atoms with van der Waals surface area (Å²) in [6, 6.07) is 12.3. The van der Waals surface area contributed by atoms with Gasteiger partial charge in [0.05, 0.1) is 17.3 Å². The fourth-order valence-corrected chi connectivity index (χ4v) is 5.68. The van der Waals surface area contributed by atoms with E-state index in [0.717, 1.165) is 22.2 Å². The van der Waals surface area contributed by atoms with Gasteiger partial charge in [-0.1, -0.05) is 0 Å². The molecule has 8 heteroatoms. The third kappa shape index (κ3) is 2.54. The summed E-state index contributed by atoms with van der Waals surface area (Å²) in [7, 11) is -0.184. The number of aromatic nitrogens is 7. The largest absolute Gasteiger partial charge is 0.335 e. The first-order chi connectivity index (χ1) is 14.8. The zero-order valence-corrected chi connectivity index (χ0v) is 16.8. The Morgan fingerprint density at radius 3 is 2.80 bits per heavy atom. The van der Waals surface area contributed by atoms with Crippen LogP contribution in [0.2, 0.25) is 0 Å². The molecule has 0 fully saturated rings. The van der Waals surface area contributed by atoms with Gasteiger partial charge in [0.2, 0.25) is 0 Å². The molecule has 0 aromatic carbocycles. The number of hydrogen-bond acceptors (Lipinski definition) is 5. The van der Waals surface area contributed by atoms with Gasteiger partial charge >= 0.3 is 0 Å². The minimum absolute atomic E-state index is 0.184. The summed E-state index contributed by atoms with van der Waals surface area (Å²) in [6.07, 6.45) is 7.33. The number of rotatable bonds is 3. The highest BCUT2D eigenvalue weighted by molar-refractivity contribution is 7.41. The average molecular weight is 410 g/mol. The standard InChI is InChI=1S/C22H16N7S/c1-13-6-9-23-12-17(13)30-11-3-5-16(30)14-7-10-25-21-18(14)26-22(27-21)19-15-4-2-8-24-20(15)29-28-19/h2-12H,1H3,(H,24,28,29)(H,25,26,27)/q+1. The van der Waals surface area contributed by atoms with Crippen molar-refractivity contribution in [3.05, 3.63) is 72.1 Å². The van der Waals surface area contributed by atoms with E-state index in [9.17, 15) is 0 Å². The van der Waals surface area contributed by atoms with E-state index < -0.39 is 0 Å². The lowest BCUT2D eigenvalue weighted by Crippen LogP contribution is -1.84. The molecular formula is C22H16N7S+. The fourth-order valence-electron chi connectivity index (χ4n) is 3.70. The Balaban J connectivity index is 1.55. The molecule has 1 unspecified atom stereocenters. The Morgan fingerprint density at radius 1 is 0.933 bits per heavy atom. The summed E-state index contributed by atoms with van der Waals surface area (Å²) >= 11 is 0. The monoisotopic (exact) mass is 410 g/mol. The zero-order chi connectivity index (χ0) is 20.1. The molecule has 30 heavy (non-hydrogen) atoms. The van der Waals surface area contributed by atoms with Crippen LogP contribution in [0, 0.1) is 6.92 Å². The number of aryl methyl sites for hydroxylation is 1. The normalized spacial score (nSPS) is 12.1. The molecule has 6 aromatic heterocycles. The van der Waals surface area contributed by atoms with Crippen molar-refractivity contribution in [1.82, 2.24) is 35.1 Å². The molecule has 0 saturated carbocycles. The predicted molar refractivity (Wildman–Crippen MR) is 119 cm³/mol. The molecule has 2 N–H and O–H groups in total. The summed E-state index contributed by atoms with van der Waals surface area (Å²) in [5, 5.41) is 10.5. The molecule has 0 radical (unpaired) electrons. The SMILES string of the molecule is Cc1ccncc1-[s+]1cccc1-c1ccnc2nc(-c3[nH]nc4ncccc34)[nH]c12. The second kappa shape index (κ2) is 6.57. The van der Waals surface area contributed by atoms with Gasteiger partial charge in [-0.25, -0.2) is 15.0 Å². The quantitative estimate of drug-likeness (QED) is 0.400. The van der Waals surface area contributed by atoms with E-state index in [-0.39, 0.29) is 10.5 Å². The van der Waals surface area contributed by atoms with Gasteiger partial charge in [0.15, 0.2) is 26.9 Å². The van der Waals surface area contributed by atoms with Crippen LogP contribution in [0.25, 0.3) is 49.1 Å². The number of hydrogen-bond donors (Lipinski definition) is 2. The molecule has 0 aliphatic heterocycles. The molecule has 0 aliphatic carbocycles. The van der Waals surface area contributed by atoms with Gasteiger partial charge in [0, 0.05) is 46.1 Å². The van der Waals surface area contributed by atoms with E-state index >= 15 is 0 Å². The number of imidazole rings is 1. The summed E-state index contributed by atoms with van der Waals surface area (Å²) in [5.74, 6) is 0.699. The maximum absolute atomic E-state index is 4.73. The smallest absolute Gasteiger partial charge is 0.200 e. The number of nitrogens with one attached hydrogen (secondary N) is 2. The molecule has 6 rings (SSSR count). The van der Waals surface area contributed by atoms with Gasteiger partial charge in [0.1, 0.15) is 11.1 Å². The summed E-state index contributed by atoms with van der Waals surface area (Å²) in [5.41, 5.74) is 5.39. The second-order valence-corrected chi connectivity index (χ2v) is 8.78. The Morgan fingerprint density at radius 2 is 1.87 bits per heavy atom. The third-order valence-corrected chi connectivity index (χ3v) is 7.31. The van der Waals surface area contributed by atoms with Crippen LogP contribution in [-0.4, -0.2) is 35.1 Å². The molecule has 0 aliphatic rings. The predicted octanol–water partition coefficient (Wildman–Crippen LogP) is 5.00. The number of pyridine rings is 3. The van der Waals surface area contributed by atoms with E-state index in [2.05, 4.69) is 60.6 Å². The van der Waals surface area contributed by atoms with Crippen LogP contribution in [0.3, 0.4) is 0 Å². The van der Waals surface area contributed by atoms with Crippen LogP contribution in [-0.2, 0) is 0 Å². The van der Waals surface area contributed by atoms with Crippen molar-refractivity contribution in [1.29, 1.82) is 0 Å². The van der Waals surface area contributed by atoms with E-state index in [1.165, 1.54) is 15.3 Å². The average Bonchev–Trinajstić information content (AvgIpc) is 3.51. The minimum Gasteiger partial charge on any atom is -0.335 e. The number of nitrogens with zero attached hydrogens (tertiary/aromatic N) is 5. The van der Waals surface area contributed by atoms with Crippen molar-refractivity contribution in [2.45, 2.75) is 6.92 Å². The van der Waals surface area contributed by atoms with Crippen molar-refractivity contribution < 1.29 is 0 Å². The summed E-state index contributed by atoms with van der Waals surface area (Å²) < 4.78 is 0. The van der Waals surface area contributed by atoms with Gasteiger partial charge in [-0.15, -0.1) is 0 Å². The Hall–Kier alpha value is -3.91. The van der Waals surface area contributed by atoms with Crippen LogP contribution in [0.15, 0.2) is 66.6 Å². The highest BCUT2D eigenvalue weighted by Crippen LogP contribution is 2.44. The van der Waals surface area contributed by atoms with Crippen molar-refractivity contribution >= 4 is 32.7 Å². The van der Waals surface area contributed by atoms with E-state index in [0.29, 0.717) is 17.1 Å². The molecule has 0 bridgehead atoms. The molecule has 0 spiro atoms. The number of H-pyrrole nitrogens is 2. The van der Waals surface area contributed by atoms with Gasteiger partial charge in [-0.2, -0.15) is 5.10 Å². The highest BCUT2D eigenvalue weighted by Gasteiger charge is 2.24. The first-order valence-corrected chi connectivity index (χ1v) is 10.7. The van der Waals surface area contributed by atoms with Crippen LogP contribution >= 0.6 is 10.5 Å². The number of thiophene rings is 1. The van der Waals surface area contributed by atoms with E-state index in [1.807, 2.05) is 36.8 Å². The van der Waals surface area contributed by atoms with E-state index in [4.69, 9.17) is 4.98 Å². The zero-order valence-electron chi connectivity index (χ0n) is 16.0. The van der Waals surface area contributed by atoms with Crippen molar-refractivity contribution in [2.24, 2.45) is 0 Å². The lowest BCUT2D eigenvalue weighted by atomic mass is 10.2. The third-order valence-electron chi connectivity index (χ3n) is 5.15. The fraction of sp³-hybridized carbons (Fsp3) is 0.0455. The number of fused-ring (bicyclic) bond motifs is 2. The molecule has 6 aromatic rings. The Kier molecular flexibility index (Phi) is 3.72. The Bertz CT molecular complexity index is 1530. The molecule has 6 heterocycles. The first-order valence-electron chi connectivity index (χ1n) is 9.46. The maximum atomic E-state index is 4.73. The lowest BCUT2D eigenvalue weighted by molar-refractivity contribution is 1.09. The topological polar surface area (TPSA) is 96.0 Å². The van der Waals surface area contributed by atoms with E-state index in [1.54, 1.807) is 6.20 Å². The first kappa shape index (κ1) is 17.0. The molecule has 144 valence electrons. The van der Waals surface area contributed by atoms with Gasteiger partial charge in [0.25, 0.3) is 0 Å². The summed E-state index contributed by atoms with van der Waals surface area (Å²) in [4.78, 5) is 23.8. The number of aromatic amines is 2. The molecule has 0 saturated heterocycles. The van der Waals surface area contributed by atoms with Gasteiger partial charge in [-0.05, 0) is 37.3 Å². The van der Waals surface area contributed by atoms with Gasteiger partial charge < -0.3 is 4.98 Å². The highest BCUT2D eigenvalue weighted by atomic mass is 32.2. The van der Waals surface area contributed by atoms with Gasteiger partial charge in [-0.3, -0.25) is 10.1 Å². The van der Waals surface area contributed by atoms with Crippen LogP contribution in [0.1, 0.15) is 5.56 Å². The molecule has 0 amide bonds. The van der Waals surface area contributed by atoms with Crippen molar-refractivity contribution in [3.8, 4) is 26.9 Å². The minimum atomic E-state index is -0.184. The van der Waals surface area contributed by atoms with Crippen molar-refractivity contribution in [2.75, 3.05) is 0 Å². The molecule has 7 nitrogen and oxygen atoms in total.